The van der Waals surface area contributed by atoms with Crippen LogP contribution in [-0.4, -0.2) is 0 Å². The fourth-order valence-electron chi connectivity index (χ4n) is 2.55. The second kappa shape index (κ2) is 0.698. The van der Waals surface area contributed by atoms with Gasteiger partial charge in [0.05, 0.1) is 0 Å². The molecule has 0 N–H and O–H groups in total. The lowest BCUT2D eigenvalue weighted by Gasteiger charge is -2.15. The van der Waals surface area contributed by atoms with Crippen LogP contribution in [0, 0.1) is 16.2 Å². The van der Waals surface area contributed by atoms with Gasteiger partial charge in [0, 0.05) is 0 Å². The first-order chi connectivity index (χ1) is 3.46. The predicted molar refractivity (Wildman–Crippen MR) is 34.6 cm³/mol. The van der Waals surface area contributed by atoms with Gasteiger partial charge < -0.3 is 0 Å². The maximum Gasteiger partial charge on any atom is -0.0204 e. The number of hydrogen-bond donors (Lipinski definition) is 0. The summed E-state index contributed by atoms with van der Waals surface area (Å²) in [6.45, 7) is 9.59. The summed E-state index contributed by atoms with van der Waals surface area (Å²) in [6, 6.07) is 0. The van der Waals surface area contributed by atoms with Crippen molar-refractivity contribution in [1.29, 1.82) is 0 Å². The lowest BCUT2D eigenvalue weighted by Crippen LogP contribution is -2.07. The molecule has 0 aromatic heterocycles. The summed E-state index contributed by atoms with van der Waals surface area (Å²) < 4.78 is 0. The van der Waals surface area contributed by atoms with Gasteiger partial charge in [-0.3, -0.25) is 0 Å². The predicted octanol–water partition coefficient (Wildman–Crippen LogP) is 2.44. The summed E-state index contributed by atoms with van der Waals surface area (Å²) in [5, 5.41) is 0. The van der Waals surface area contributed by atoms with Crippen LogP contribution in [0.25, 0.3) is 0 Å². The molecule has 2 atom stereocenters. The van der Waals surface area contributed by atoms with E-state index >= 15 is 0 Å². The molecule has 8 heavy (non-hydrogen) atoms. The Bertz CT molecular complexity index is 123. The highest BCUT2D eigenvalue weighted by molar-refractivity contribution is 5.37. The molecule has 2 unspecified atom stereocenters. The third-order valence-electron chi connectivity index (χ3n) is 4.50. The van der Waals surface area contributed by atoms with Crippen molar-refractivity contribution < 1.29 is 0 Å². The molecule has 0 radical (unpaired) electrons. The zero-order chi connectivity index (χ0) is 6.21. The van der Waals surface area contributed by atoms with Gasteiger partial charge in [-0.1, -0.05) is 27.7 Å². The fourth-order valence-corrected chi connectivity index (χ4v) is 2.55. The fraction of sp³-hybridized carbons (Fsp3) is 1.00. The van der Waals surface area contributed by atoms with Gasteiger partial charge in [-0.15, -0.1) is 0 Å². The molecule has 2 aliphatic carbocycles. The van der Waals surface area contributed by atoms with Crippen LogP contribution in [0.15, 0.2) is 0 Å². The van der Waals surface area contributed by atoms with E-state index in [2.05, 4.69) is 27.7 Å². The van der Waals surface area contributed by atoms with Crippen LogP contribution < -0.4 is 0 Å². The molecule has 0 bridgehead atoms. The van der Waals surface area contributed by atoms with Crippen LogP contribution in [0.5, 0.6) is 0 Å². The van der Waals surface area contributed by atoms with E-state index in [1.165, 1.54) is 6.42 Å². The Kier molecular flexibility index (Phi) is 0.422. The van der Waals surface area contributed by atoms with Crippen molar-refractivity contribution in [1.82, 2.24) is 0 Å². The lowest BCUT2D eigenvalue weighted by atomic mass is 9.89. The minimum atomic E-state index is 0.681. The van der Waals surface area contributed by atoms with Crippen molar-refractivity contribution in [2.24, 2.45) is 16.2 Å². The maximum atomic E-state index is 2.41. The van der Waals surface area contributed by atoms with Gasteiger partial charge in [0.25, 0.3) is 0 Å². The molecule has 0 heteroatoms. The highest BCUT2D eigenvalue weighted by atomic mass is 14.9. The van der Waals surface area contributed by atoms with E-state index in [1.807, 2.05) is 0 Å². The van der Waals surface area contributed by atoms with Crippen LogP contribution in [0.2, 0.25) is 0 Å². The standard InChI is InChI=1S/C8H14/c1-6(2)7(3)5-8(6,7)4/h5H2,1-4H3. The third-order valence-corrected chi connectivity index (χ3v) is 4.50. The molecular weight excluding hydrogens is 96.1 g/mol. The summed E-state index contributed by atoms with van der Waals surface area (Å²) in [7, 11) is 0. The largest absolute Gasteiger partial charge is 0.0588 e. The highest BCUT2D eigenvalue weighted by Crippen LogP contribution is 2.96. The molecule has 2 fully saturated rings. The summed E-state index contributed by atoms with van der Waals surface area (Å²) in [5.41, 5.74) is 2.18. The van der Waals surface area contributed by atoms with Crippen LogP contribution >= 0.6 is 0 Å². The van der Waals surface area contributed by atoms with E-state index < -0.39 is 0 Å². The Labute approximate surface area is 51.3 Å². The Morgan fingerprint density at radius 3 is 1.12 bits per heavy atom. The number of fused-ring (bicyclic) bond motifs is 1. The number of rotatable bonds is 0. The average Bonchev–Trinajstić information content (AvgIpc) is 2.24. The first kappa shape index (κ1) is 4.84. The van der Waals surface area contributed by atoms with Crippen LogP contribution in [0.4, 0.5) is 0 Å². The maximum absolute atomic E-state index is 2.41. The molecule has 2 rings (SSSR count). The van der Waals surface area contributed by atoms with E-state index in [4.69, 9.17) is 0 Å². The molecule has 2 aliphatic rings. The Morgan fingerprint density at radius 1 is 0.875 bits per heavy atom. The summed E-state index contributed by atoms with van der Waals surface area (Å²) >= 11 is 0. The van der Waals surface area contributed by atoms with Gasteiger partial charge in [0.1, 0.15) is 0 Å². The van der Waals surface area contributed by atoms with E-state index in [9.17, 15) is 0 Å². The highest BCUT2D eigenvalue weighted by Gasteiger charge is 2.90. The molecule has 0 nitrogen and oxygen atoms in total. The Balaban J connectivity index is 2.36. The molecule has 0 aliphatic heterocycles. The molecule has 0 aromatic rings. The van der Waals surface area contributed by atoms with E-state index in [-0.39, 0.29) is 0 Å². The van der Waals surface area contributed by atoms with E-state index in [1.54, 1.807) is 0 Å². The van der Waals surface area contributed by atoms with Crippen molar-refractivity contribution in [2.45, 2.75) is 34.1 Å². The first-order valence-corrected chi connectivity index (χ1v) is 3.46. The van der Waals surface area contributed by atoms with Gasteiger partial charge in [-0.05, 0) is 22.7 Å². The van der Waals surface area contributed by atoms with E-state index in [0.717, 1.165) is 10.8 Å². The monoisotopic (exact) mass is 110 g/mol. The molecular formula is C8H14. The van der Waals surface area contributed by atoms with E-state index in [0.29, 0.717) is 5.41 Å². The second-order valence-electron chi connectivity index (χ2n) is 4.47. The zero-order valence-electron chi connectivity index (χ0n) is 6.21. The van der Waals surface area contributed by atoms with Crippen LogP contribution in [0.1, 0.15) is 34.1 Å². The van der Waals surface area contributed by atoms with Gasteiger partial charge >= 0.3 is 0 Å². The number of hydrogen-bond acceptors (Lipinski definition) is 0. The molecule has 0 heterocycles. The molecule has 0 saturated heterocycles. The summed E-state index contributed by atoms with van der Waals surface area (Å²) in [5.74, 6) is 0. The van der Waals surface area contributed by atoms with Crippen molar-refractivity contribution >= 4 is 0 Å². The Hall–Kier alpha value is 0. The molecule has 0 aromatic carbocycles. The summed E-state index contributed by atoms with van der Waals surface area (Å²) in [4.78, 5) is 0. The topological polar surface area (TPSA) is 0 Å². The molecule has 0 spiro atoms. The van der Waals surface area contributed by atoms with Gasteiger partial charge in [-0.2, -0.15) is 0 Å². The van der Waals surface area contributed by atoms with Crippen molar-refractivity contribution in [3.8, 4) is 0 Å². The minimum absolute atomic E-state index is 0.681. The molecule has 0 amide bonds. The van der Waals surface area contributed by atoms with Crippen molar-refractivity contribution in [2.75, 3.05) is 0 Å². The van der Waals surface area contributed by atoms with Gasteiger partial charge in [-0.25, -0.2) is 0 Å². The third kappa shape index (κ3) is 0.178. The molecule has 2 saturated carbocycles. The molecule has 46 valence electrons. The van der Waals surface area contributed by atoms with Crippen LogP contribution in [0.3, 0.4) is 0 Å². The normalized spacial score (nSPS) is 64.5. The lowest BCUT2D eigenvalue weighted by molar-refractivity contribution is 0.340. The minimum Gasteiger partial charge on any atom is -0.0588 e. The van der Waals surface area contributed by atoms with Gasteiger partial charge in [0.15, 0.2) is 0 Å². The Morgan fingerprint density at radius 2 is 1.12 bits per heavy atom. The van der Waals surface area contributed by atoms with Gasteiger partial charge in [0.2, 0.25) is 0 Å². The smallest absolute Gasteiger partial charge is 0.0204 e. The van der Waals surface area contributed by atoms with Crippen LogP contribution in [-0.2, 0) is 0 Å². The second-order valence-corrected chi connectivity index (χ2v) is 4.47. The SMILES string of the molecule is CC1(C)C2(C)CC12C. The average molecular weight is 110 g/mol. The summed E-state index contributed by atoms with van der Waals surface area (Å²) in [6.07, 6.45) is 1.48. The quantitative estimate of drug-likeness (QED) is 0.449. The van der Waals surface area contributed by atoms with Crippen molar-refractivity contribution in [3.63, 3.8) is 0 Å². The van der Waals surface area contributed by atoms with Crippen molar-refractivity contribution in [3.05, 3.63) is 0 Å². The zero-order valence-corrected chi connectivity index (χ0v) is 6.21. The first-order valence-electron chi connectivity index (χ1n) is 3.46.